The molecule has 0 spiro atoms. The fourth-order valence-corrected chi connectivity index (χ4v) is 14.4. The first-order chi connectivity index (χ1) is 30.7. The molecule has 5 heteroatoms. The first-order valence-electron chi connectivity index (χ1n) is 21.0. The zero-order valence-electron chi connectivity index (χ0n) is 33.7. The summed E-state index contributed by atoms with van der Waals surface area (Å²) < 4.78 is 13.2. The number of anilines is 3. The van der Waals surface area contributed by atoms with Crippen LogP contribution < -0.4 is 25.6 Å². The minimum absolute atomic E-state index is 0.613. The van der Waals surface area contributed by atoms with Crippen molar-refractivity contribution in [3.8, 4) is 11.5 Å². The van der Waals surface area contributed by atoms with E-state index in [2.05, 4.69) is 193 Å². The van der Waals surface area contributed by atoms with Crippen LogP contribution in [0, 0.1) is 0 Å². The number of hydrogen-bond donors (Lipinski definition) is 0. The molecule has 2 aromatic heterocycles. The van der Waals surface area contributed by atoms with Gasteiger partial charge in [-0.3, -0.25) is 0 Å². The van der Waals surface area contributed by atoms with Crippen LogP contribution in [-0.2, 0) is 0 Å². The molecule has 0 unspecified atom stereocenters. The summed E-state index contributed by atoms with van der Waals surface area (Å²) in [6.45, 7) is 0. The Morgan fingerprint density at radius 1 is 0.371 bits per heavy atom. The lowest BCUT2D eigenvalue weighted by atomic mass is 10.00. The summed E-state index contributed by atoms with van der Waals surface area (Å²) in [5, 5.41) is 11.8. The summed E-state index contributed by atoms with van der Waals surface area (Å²) in [5.41, 5.74) is 7.35. The lowest BCUT2D eigenvalue weighted by Gasteiger charge is -2.35. The van der Waals surface area contributed by atoms with Gasteiger partial charge >= 0.3 is 0 Å². The van der Waals surface area contributed by atoms with E-state index in [1.807, 2.05) is 42.5 Å². The van der Waals surface area contributed by atoms with Crippen molar-refractivity contribution in [2.75, 3.05) is 4.90 Å². The molecule has 0 aliphatic carbocycles. The van der Waals surface area contributed by atoms with Gasteiger partial charge in [0.25, 0.3) is 0 Å². The second-order valence-corrected chi connectivity index (χ2v) is 19.7. The standard InChI is InChI=1S/C57H38N2O2Si/c1-5-16-41(17-6-1)57-58-52-35-31-40-29-28-39-30-32-43(37-51(39)55(40)56(52)61-57)59(44-33-34-50-49-26-13-14-27-53(49)60-54(50)38-44)42-18-15-25-48(36-42)62(45-19-7-2-8-20-45,46-21-9-3-10-22-46)47-23-11-4-12-24-47/h1-38H. The molecular weight excluding hydrogens is 773 g/mol. The molecule has 0 radical (unpaired) electrons. The number of nitrogens with zero attached hydrogens (tertiary/aromatic N) is 2. The molecule has 0 bridgehead atoms. The molecule has 62 heavy (non-hydrogen) atoms. The fourth-order valence-electron chi connectivity index (χ4n) is 9.60. The first kappa shape index (κ1) is 35.9. The van der Waals surface area contributed by atoms with Gasteiger partial charge in [0, 0.05) is 44.9 Å². The van der Waals surface area contributed by atoms with Gasteiger partial charge in [0.05, 0.1) is 0 Å². The second-order valence-electron chi connectivity index (χ2n) is 15.9. The number of hydrogen-bond acceptors (Lipinski definition) is 4. The van der Waals surface area contributed by atoms with Crippen molar-refractivity contribution in [1.82, 2.24) is 4.98 Å². The maximum Gasteiger partial charge on any atom is 0.227 e. The third-order valence-corrected chi connectivity index (χ3v) is 17.2. The zero-order chi connectivity index (χ0) is 41.0. The molecular formula is C57H38N2O2Si. The smallest absolute Gasteiger partial charge is 0.227 e. The van der Waals surface area contributed by atoms with Crippen molar-refractivity contribution in [2.24, 2.45) is 0 Å². The molecule has 0 aliphatic heterocycles. The summed E-state index contributed by atoms with van der Waals surface area (Å²) in [7, 11) is -2.85. The molecule has 2 heterocycles. The van der Waals surface area contributed by atoms with E-state index in [1.165, 1.54) is 20.7 Å². The second kappa shape index (κ2) is 14.6. The van der Waals surface area contributed by atoms with E-state index < -0.39 is 8.07 Å². The predicted molar refractivity (Wildman–Crippen MR) is 260 cm³/mol. The summed E-state index contributed by atoms with van der Waals surface area (Å²) in [6, 6.07) is 82.9. The molecule has 10 aromatic carbocycles. The van der Waals surface area contributed by atoms with Gasteiger partial charge in [-0.2, -0.15) is 0 Å². The average Bonchev–Trinajstić information content (AvgIpc) is 3.95. The summed E-state index contributed by atoms with van der Waals surface area (Å²) in [5.74, 6) is 0.613. The Balaban J connectivity index is 1.12. The topological polar surface area (TPSA) is 42.4 Å². The van der Waals surface area contributed by atoms with Crippen LogP contribution in [0.15, 0.2) is 239 Å². The molecule has 4 nitrogen and oxygen atoms in total. The molecule has 0 saturated carbocycles. The lowest BCUT2D eigenvalue weighted by molar-refractivity contribution is 0.623. The Kier molecular flexibility index (Phi) is 8.47. The van der Waals surface area contributed by atoms with Crippen LogP contribution in [0.4, 0.5) is 17.1 Å². The molecule has 0 saturated heterocycles. The Morgan fingerprint density at radius 2 is 0.919 bits per heavy atom. The molecule has 0 atom stereocenters. The Hall–Kier alpha value is -7.99. The van der Waals surface area contributed by atoms with E-state index in [1.54, 1.807) is 0 Å². The highest BCUT2D eigenvalue weighted by Crippen LogP contribution is 2.42. The largest absolute Gasteiger partial charge is 0.456 e. The SMILES string of the molecule is c1ccc(-c2nc3ccc4ccc5ccc(N(c6cccc([Si](c7ccccc7)(c7ccccc7)c7ccccc7)c6)c6ccc7c(c6)oc6ccccc67)cc5c4c3o2)cc1. The van der Waals surface area contributed by atoms with Gasteiger partial charge in [-0.05, 0) is 97.6 Å². The van der Waals surface area contributed by atoms with Gasteiger partial charge in [0.2, 0.25) is 5.89 Å². The number of furan rings is 1. The van der Waals surface area contributed by atoms with Gasteiger partial charge in [0.15, 0.2) is 13.7 Å². The maximum absolute atomic E-state index is 6.67. The van der Waals surface area contributed by atoms with Crippen LogP contribution in [0.3, 0.4) is 0 Å². The van der Waals surface area contributed by atoms with Crippen LogP contribution in [0.5, 0.6) is 0 Å². The van der Waals surface area contributed by atoms with Crippen LogP contribution in [0.25, 0.3) is 66.0 Å². The van der Waals surface area contributed by atoms with Crippen LogP contribution >= 0.6 is 0 Å². The van der Waals surface area contributed by atoms with E-state index in [9.17, 15) is 0 Å². The number of benzene rings is 10. The quantitative estimate of drug-likeness (QED) is 0.0871. The van der Waals surface area contributed by atoms with Crippen molar-refractivity contribution >= 4 is 100 Å². The number of para-hydroxylation sites is 1. The first-order valence-corrected chi connectivity index (χ1v) is 23.0. The zero-order valence-corrected chi connectivity index (χ0v) is 34.7. The number of oxazole rings is 1. The van der Waals surface area contributed by atoms with E-state index >= 15 is 0 Å². The van der Waals surface area contributed by atoms with E-state index in [0.29, 0.717) is 5.89 Å². The molecule has 12 rings (SSSR count). The fraction of sp³-hybridized carbons (Fsp3) is 0. The number of fused-ring (bicyclic) bond motifs is 8. The molecule has 12 aromatic rings. The minimum atomic E-state index is -2.85. The number of rotatable bonds is 8. The van der Waals surface area contributed by atoms with Gasteiger partial charge in [-0.15, -0.1) is 0 Å². The van der Waals surface area contributed by atoms with Gasteiger partial charge in [-0.25, -0.2) is 4.98 Å². The average molecular weight is 811 g/mol. The highest BCUT2D eigenvalue weighted by molar-refractivity contribution is 7.19. The molecule has 292 valence electrons. The van der Waals surface area contributed by atoms with Crippen LogP contribution in [0.2, 0.25) is 0 Å². The normalized spacial score (nSPS) is 11.9. The molecule has 0 amide bonds. The van der Waals surface area contributed by atoms with E-state index in [0.717, 1.165) is 77.2 Å². The lowest BCUT2D eigenvalue weighted by Crippen LogP contribution is -2.74. The summed E-state index contributed by atoms with van der Waals surface area (Å²) in [4.78, 5) is 7.34. The highest BCUT2D eigenvalue weighted by Gasteiger charge is 2.41. The van der Waals surface area contributed by atoms with Gasteiger partial charge < -0.3 is 13.7 Å². The van der Waals surface area contributed by atoms with Crippen molar-refractivity contribution in [3.63, 3.8) is 0 Å². The Bertz CT molecular complexity index is 3490. The Morgan fingerprint density at radius 3 is 1.65 bits per heavy atom. The van der Waals surface area contributed by atoms with Gasteiger partial charge in [0.1, 0.15) is 16.7 Å². The van der Waals surface area contributed by atoms with Crippen molar-refractivity contribution in [3.05, 3.63) is 231 Å². The highest BCUT2D eigenvalue weighted by atomic mass is 28.3. The predicted octanol–water partition coefficient (Wildman–Crippen LogP) is 12.5. The van der Waals surface area contributed by atoms with Crippen molar-refractivity contribution < 1.29 is 8.83 Å². The summed E-state index contributed by atoms with van der Waals surface area (Å²) in [6.07, 6.45) is 0. The molecule has 0 N–H and O–H groups in total. The third kappa shape index (κ3) is 5.78. The van der Waals surface area contributed by atoms with Crippen LogP contribution in [-0.4, -0.2) is 13.1 Å². The van der Waals surface area contributed by atoms with Crippen molar-refractivity contribution in [2.45, 2.75) is 0 Å². The van der Waals surface area contributed by atoms with E-state index in [4.69, 9.17) is 13.8 Å². The minimum Gasteiger partial charge on any atom is -0.456 e. The van der Waals surface area contributed by atoms with Crippen LogP contribution in [0.1, 0.15) is 0 Å². The summed E-state index contributed by atoms with van der Waals surface area (Å²) >= 11 is 0. The molecule has 0 fully saturated rings. The van der Waals surface area contributed by atoms with Gasteiger partial charge in [-0.1, -0.05) is 164 Å². The maximum atomic E-state index is 6.67. The van der Waals surface area contributed by atoms with E-state index in [-0.39, 0.29) is 0 Å². The van der Waals surface area contributed by atoms with Crippen molar-refractivity contribution in [1.29, 1.82) is 0 Å². The molecule has 0 aliphatic rings. The third-order valence-electron chi connectivity index (χ3n) is 12.4. The monoisotopic (exact) mass is 810 g/mol. The number of aromatic nitrogens is 1. The Labute approximate surface area is 359 Å².